The first kappa shape index (κ1) is 17.9. The molecule has 0 fully saturated rings. The van der Waals surface area contributed by atoms with Gasteiger partial charge in [-0.2, -0.15) is 0 Å². The molecule has 8 heteroatoms. The van der Waals surface area contributed by atoms with Crippen LogP contribution in [-0.2, 0) is 16.1 Å². The predicted octanol–water partition coefficient (Wildman–Crippen LogP) is 2.08. The number of esters is 1. The maximum atomic E-state index is 11.8. The average molecular weight is 344 g/mol. The highest BCUT2D eigenvalue weighted by atomic mass is 16.6. The SMILES string of the molecule is COc1ccc(CNC(=O)COC(=O)c2cccc([N+](=O)[O-])c2)cc1. The van der Waals surface area contributed by atoms with E-state index in [2.05, 4.69) is 5.32 Å². The highest BCUT2D eigenvalue weighted by Gasteiger charge is 2.14. The second-order valence-electron chi connectivity index (χ2n) is 5.01. The second kappa shape index (κ2) is 8.44. The quantitative estimate of drug-likeness (QED) is 0.468. The molecule has 0 bridgehead atoms. The molecule has 2 rings (SSSR count). The number of amides is 1. The smallest absolute Gasteiger partial charge is 0.338 e. The van der Waals surface area contributed by atoms with E-state index in [4.69, 9.17) is 9.47 Å². The summed E-state index contributed by atoms with van der Waals surface area (Å²) in [6, 6.07) is 12.2. The Bertz CT molecular complexity index is 773. The van der Waals surface area contributed by atoms with Crippen molar-refractivity contribution in [3.63, 3.8) is 0 Å². The zero-order valence-corrected chi connectivity index (χ0v) is 13.4. The molecule has 0 aliphatic rings. The molecule has 0 unspecified atom stereocenters. The minimum Gasteiger partial charge on any atom is -0.497 e. The van der Waals surface area contributed by atoms with Gasteiger partial charge in [0, 0.05) is 18.7 Å². The summed E-state index contributed by atoms with van der Waals surface area (Å²) in [4.78, 5) is 33.6. The standard InChI is InChI=1S/C17H16N2O6/c1-24-15-7-5-12(6-8-15)10-18-16(20)11-25-17(21)13-3-2-4-14(9-13)19(22)23/h2-9H,10-11H2,1H3,(H,18,20). The molecule has 0 aliphatic heterocycles. The van der Waals surface area contributed by atoms with Gasteiger partial charge in [0.25, 0.3) is 11.6 Å². The third-order valence-electron chi connectivity index (χ3n) is 3.28. The van der Waals surface area contributed by atoms with Crippen molar-refractivity contribution >= 4 is 17.6 Å². The van der Waals surface area contributed by atoms with Crippen LogP contribution in [0.3, 0.4) is 0 Å². The molecule has 0 atom stereocenters. The lowest BCUT2D eigenvalue weighted by atomic mass is 10.2. The summed E-state index contributed by atoms with van der Waals surface area (Å²) in [5, 5.41) is 13.3. The lowest BCUT2D eigenvalue weighted by molar-refractivity contribution is -0.384. The molecule has 0 heterocycles. The van der Waals surface area contributed by atoms with Crippen molar-refractivity contribution in [2.24, 2.45) is 0 Å². The van der Waals surface area contributed by atoms with Crippen LogP contribution in [0.25, 0.3) is 0 Å². The Labute approximate surface area is 143 Å². The molecule has 0 spiro atoms. The molecule has 0 aliphatic carbocycles. The number of carbonyl (C=O) groups is 2. The summed E-state index contributed by atoms with van der Waals surface area (Å²) in [6.45, 7) is -0.200. The molecular formula is C17H16N2O6. The van der Waals surface area contributed by atoms with E-state index in [1.807, 2.05) is 0 Å². The van der Waals surface area contributed by atoms with Gasteiger partial charge in [0.1, 0.15) is 5.75 Å². The number of nitro benzene ring substituents is 1. The van der Waals surface area contributed by atoms with Gasteiger partial charge in [-0.15, -0.1) is 0 Å². The highest BCUT2D eigenvalue weighted by molar-refractivity contribution is 5.91. The fraction of sp³-hybridized carbons (Fsp3) is 0.176. The third-order valence-corrected chi connectivity index (χ3v) is 3.28. The first-order valence-electron chi connectivity index (χ1n) is 7.31. The van der Waals surface area contributed by atoms with Crippen molar-refractivity contribution in [2.75, 3.05) is 13.7 Å². The number of methoxy groups -OCH3 is 1. The number of non-ortho nitro benzene ring substituents is 1. The van der Waals surface area contributed by atoms with Crippen molar-refractivity contribution in [3.8, 4) is 5.75 Å². The van der Waals surface area contributed by atoms with E-state index in [9.17, 15) is 19.7 Å². The fourth-order valence-corrected chi connectivity index (χ4v) is 1.96. The van der Waals surface area contributed by atoms with Crippen molar-refractivity contribution in [2.45, 2.75) is 6.54 Å². The lowest BCUT2D eigenvalue weighted by Gasteiger charge is -2.07. The zero-order chi connectivity index (χ0) is 18.2. The van der Waals surface area contributed by atoms with Gasteiger partial charge in [-0.3, -0.25) is 14.9 Å². The van der Waals surface area contributed by atoms with Gasteiger partial charge in [-0.25, -0.2) is 4.79 Å². The van der Waals surface area contributed by atoms with E-state index in [0.717, 1.165) is 11.6 Å². The van der Waals surface area contributed by atoms with Crippen molar-refractivity contribution in [3.05, 3.63) is 69.8 Å². The molecule has 2 aromatic carbocycles. The van der Waals surface area contributed by atoms with Crippen LogP contribution in [0.2, 0.25) is 0 Å². The Morgan fingerprint density at radius 2 is 1.88 bits per heavy atom. The lowest BCUT2D eigenvalue weighted by Crippen LogP contribution is -2.28. The number of benzene rings is 2. The zero-order valence-electron chi connectivity index (χ0n) is 13.4. The highest BCUT2D eigenvalue weighted by Crippen LogP contribution is 2.14. The summed E-state index contributed by atoms with van der Waals surface area (Å²) in [6.07, 6.45) is 0. The molecule has 8 nitrogen and oxygen atoms in total. The molecule has 1 amide bonds. The molecule has 0 radical (unpaired) electrons. The average Bonchev–Trinajstić information content (AvgIpc) is 2.64. The number of hydrogen-bond acceptors (Lipinski definition) is 6. The number of nitrogens with one attached hydrogen (secondary N) is 1. The predicted molar refractivity (Wildman–Crippen MR) is 88.2 cm³/mol. The van der Waals surface area contributed by atoms with E-state index in [1.54, 1.807) is 31.4 Å². The Morgan fingerprint density at radius 3 is 2.52 bits per heavy atom. The molecule has 0 aromatic heterocycles. The molecule has 2 aromatic rings. The second-order valence-corrected chi connectivity index (χ2v) is 5.01. The minimum atomic E-state index is -0.803. The van der Waals surface area contributed by atoms with E-state index in [1.165, 1.54) is 18.2 Å². The van der Waals surface area contributed by atoms with Crippen LogP contribution in [0.5, 0.6) is 5.75 Å². The van der Waals surface area contributed by atoms with Gasteiger partial charge < -0.3 is 14.8 Å². The van der Waals surface area contributed by atoms with E-state index >= 15 is 0 Å². The monoisotopic (exact) mass is 344 g/mol. The van der Waals surface area contributed by atoms with Gasteiger partial charge in [0.15, 0.2) is 6.61 Å². The van der Waals surface area contributed by atoms with Crippen LogP contribution in [-0.4, -0.2) is 30.5 Å². The van der Waals surface area contributed by atoms with Crippen LogP contribution in [0.1, 0.15) is 15.9 Å². The molecule has 0 saturated carbocycles. The number of rotatable bonds is 7. The third kappa shape index (κ3) is 5.31. The number of ether oxygens (including phenoxy) is 2. The number of carbonyl (C=O) groups excluding carboxylic acids is 2. The molecule has 0 saturated heterocycles. The van der Waals surface area contributed by atoms with E-state index in [0.29, 0.717) is 5.75 Å². The van der Waals surface area contributed by atoms with Crippen molar-refractivity contribution < 1.29 is 24.0 Å². The Balaban J connectivity index is 1.81. The van der Waals surface area contributed by atoms with Gasteiger partial charge >= 0.3 is 5.97 Å². The van der Waals surface area contributed by atoms with Gasteiger partial charge in [0.05, 0.1) is 17.6 Å². The Morgan fingerprint density at radius 1 is 1.16 bits per heavy atom. The summed E-state index contributed by atoms with van der Waals surface area (Å²) >= 11 is 0. The largest absolute Gasteiger partial charge is 0.497 e. The number of nitro groups is 1. The maximum absolute atomic E-state index is 11.8. The first-order chi connectivity index (χ1) is 12.0. The summed E-state index contributed by atoms with van der Waals surface area (Å²) < 4.78 is 9.89. The molecule has 1 N–H and O–H groups in total. The van der Waals surface area contributed by atoms with Gasteiger partial charge in [-0.05, 0) is 23.8 Å². The normalized spacial score (nSPS) is 9.96. The summed E-state index contributed by atoms with van der Waals surface area (Å²) in [5.74, 6) is -0.571. The number of nitrogens with zero attached hydrogens (tertiary/aromatic N) is 1. The van der Waals surface area contributed by atoms with Crippen LogP contribution < -0.4 is 10.1 Å². The van der Waals surface area contributed by atoms with Gasteiger partial charge in [0.2, 0.25) is 0 Å². The van der Waals surface area contributed by atoms with Crippen LogP contribution in [0.4, 0.5) is 5.69 Å². The Hall–Kier alpha value is -3.42. The maximum Gasteiger partial charge on any atom is 0.338 e. The van der Waals surface area contributed by atoms with Crippen molar-refractivity contribution in [1.29, 1.82) is 0 Å². The number of hydrogen-bond donors (Lipinski definition) is 1. The van der Waals surface area contributed by atoms with Crippen LogP contribution >= 0.6 is 0 Å². The topological polar surface area (TPSA) is 108 Å². The molecular weight excluding hydrogens is 328 g/mol. The van der Waals surface area contributed by atoms with E-state index in [-0.39, 0.29) is 17.8 Å². The van der Waals surface area contributed by atoms with Crippen LogP contribution in [0.15, 0.2) is 48.5 Å². The fourth-order valence-electron chi connectivity index (χ4n) is 1.96. The van der Waals surface area contributed by atoms with E-state index < -0.39 is 23.4 Å². The molecule has 25 heavy (non-hydrogen) atoms. The van der Waals surface area contributed by atoms with Crippen molar-refractivity contribution in [1.82, 2.24) is 5.32 Å². The molecule has 130 valence electrons. The minimum absolute atomic E-state index is 0.0113. The first-order valence-corrected chi connectivity index (χ1v) is 7.31. The van der Waals surface area contributed by atoms with Gasteiger partial charge in [-0.1, -0.05) is 18.2 Å². The summed E-state index contributed by atoms with van der Waals surface area (Å²) in [5.41, 5.74) is 0.648. The Kier molecular flexibility index (Phi) is 6.05. The summed E-state index contributed by atoms with van der Waals surface area (Å²) in [7, 11) is 1.56. The van der Waals surface area contributed by atoms with Crippen LogP contribution in [0, 0.1) is 10.1 Å².